The topological polar surface area (TPSA) is 69.7 Å². The number of methoxy groups -OCH3 is 1. The van der Waals surface area contributed by atoms with E-state index >= 15 is 0 Å². The van der Waals surface area contributed by atoms with Gasteiger partial charge < -0.3 is 9.47 Å². The summed E-state index contributed by atoms with van der Waals surface area (Å²) in [6.45, 7) is 11.1. The molecule has 0 N–H and O–H groups in total. The fourth-order valence-electron chi connectivity index (χ4n) is 9.28. The monoisotopic (exact) mass is 460 g/mol. The number of carbonyl (C=O) groups is 3. The molecule has 5 heteroatoms. The smallest absolute Gasteiger partial charge is 0.305 e. The van der Waals surface area contributed by atoms with Gasteiger partial charge in [0.1, 0.15) is 11.9 Å². The van der Waals surface area contributed by atoms with Gasteiger partial charge >= 0.3 is 11.9 Å². The first-order chi connectivity index (χ1) is 15.5. The van der Waals surface area contributed by atoms with Gasteiger partial charge in [-0.05, 0) is 91.3 Å². The van der Waals surface area contributed by atoms with Crippen molar-refractivity contribution >= 4 is 17.7 Å². The molecule has 4 rings (SSSR count). The van der Waals surface area contributed by atoms with Crippen molar-refractivity contribution in [3.63, 3.8) is 0 Å². The standard InChI is InChI=1S/C28H44O5/c1-17(7-10-24(31)32-6)21-8-9-22-25-23(30)16-19-15-20(33-18(2)29)11-12-27(19,4)28(25,5)14-13-26(21,22)3/h17,19-22,25H,7-16H2,1-6H3/t17-,19+,20-,21-,22+,25-,26-,27+,28+/m1/s1. The molecule has 0 aromatic rings. The third-order valence-corrected chi connectivity index (χ3v) is 11.3. The van der Waals surface area contributed by atoms with E-state index < -0.39 is 0 Å². The molecule has 5 nitrogen and oxygen atoms in total. The van der Waals surface area contributed by atoms with Crippen molar-refractivity contribution in [1.82, 2.24) is 0 Å². The van der Waals surface area contributed by atoms with Gasteiger partial charge in [-0.25, -0.2) is 0 Å². The van der Waals surface area contributed by atoms with Crippen molar-refractivity contribution in [2.45, 2.75) is 105 Å². The van der Waals surface area contributed by atoms with Gasteiger partial charge in [0, 0.05) is 25.7 Å². The lowest BCUT2D eigenvalue weighted by atomic mass is 9.38. The Morgan fingerprint density at radius 3 is 2.45 bits per heavy atom. The Hall–Kier alpha value is -1.39. The van der Waals surface area contributed by atoms with E-state index in [4.69, 9.17) is 9.47 Å². The van der Waals surface area contributed by atoms with Crippen LogP contribution in [0.5, 0.6) is 0 Å². The van der Waals surface area contributed by atoms with Gasteiger partial charge in [-0.15, -0.1) is 0 Å². The van der Waals surface area contributed by atoms with Gasteiger partial charge in [0.15, 0.2) is 0 Å². The van der Waals surface area contributed by atoms with Crippen LogP contribution in [0.4, 0.5) is 0 Å². The summed E-state index contributed by atoms with van der Waals surface area (Å²) in [6.07, 6.45) is 9.31. The number of rotatable bonds is 5. The Balaban J connectivity index is 1.55. The summed E-state index contributed by atoms with van der Waals surface area (Å²) in [5.74, 6) is 2.05. The summed E-state index contributed by atoms with van der Waals surface area (Å²) < 4.78 is 10.5. The van der Waals surface area contributed by atoms with E-state index in [1.165, 1.54) is 20.5 Å². The summed E-state index contributed by atoms with van der Waals surface area (Å²) in [7, 11) is 1.46. The van der Waals surface area contributed by atoms with Gasteiger partial charge in [0.05, 0.1) is 7.11 Å². The highest BCUT2D eigenvalue weighted by atomic mass is 16.5. The SMILES string of the molecule is COC(=O)CC[C@@H](C)[C@H]1CC[C@H]2[C@@H]3C(=O)C[C@@H]4C[C@H](OC(C)=O)CC[C@]4(C)[C@@]3(C)CC[C@]12C. The summed E-state index contributed by atoms with van der Waals surface area (Å²) in [6, 6.07) is 0. The first-order valence-corrected chi connectivity index (χ1v) is 13.2. The predicted octanol–water partition coefficient (Wildman–Crippen LogP) is 5.74. The van der Waals surface area contributed by atoms with Crippen LogP contribution in [0, 0.1) is 45.8 Å². The molecule has 4 aliphatic rings. The number of ether oxygens (including phenoxy) is 2. The molecule has 0 heterocycles. The molecule has 0 radical (unpaired) electrons. The summed E-state index contributed by atoms with van der Waals surface area (Å²) in [5.41, 5.74) is 0.314. The van der Waals surface area contributed by atoms with Crippen molar-refractivity contribution in [2.75, 3.05) is 7.11 Å². The highest BCUT2D eigenvalue weighted by molar-refractivity contribution is 5.84. The molecule has 4 aliphatic carbocycles. The van der Waals surface area contributed by atoms with Crippen LogP contribution in [0.3, 0.4) is 0 Å². The number of hydrogen-bond donors (Lipinski definition) is 0. The van der Waals surface area contributed by atoms with Crippen molar-refractivity contribution in [2.24, 2.45) is 45.8 Å². The van der Waals surface area contributed by atoms with Crippen LogP contribution < -0.4 is 0 Å². The third kappa shape index (κ3) is 3.86. The van der Waals surface area contributed by atoms with Gasteiger partial charge in [0.2, 0.25) is 0 Å². The van der Waals surface area contributed by atoms with Crippen molar-refractivity contribution < 1.29 is 23.9 Å². The molecule has 9 atom stereocenters. The molecule has 0 aromatic carbocycles. The molecule has 4 fully saturated rings. The molecule has 0 spiro atoms. The minimum Gasteiger partial charge on any atom is -0.469 e. The number of ketones is 1. The zero-order chi connectivity index (χ0) is 24.2. The number of hydrogen-bond acceptors (Lipinski definition) is 5. The molecule has 0 aromatic heterocycles. The van der Waals surface area contributed by atoms with Crippen LogP contribution in [-0.4, -0.2) is 30.9 Å². The Morgan fingerprint density at radius 1 is 1.06 bits per heavy atom. The summed E-state index contributed by atoms with van der Waals surface area (Å²) in [5, 5.41) is 0. The van der Waals surface area contributed by atoms with E-state index in [1.807, 2.05) is 0 Å². The van der Waals surface area contributed by atoms with E-state index in [1.54, 1.807) is 0 Å². The average molecular weight is 461 g/mol. The zero-order valence-electron chi connectivity index (χ0n) is 21.6. The predicted molar refractivity (Wildman–Crippen MR) is 126 cm³/mol. The Kier molecular flexibility index (Phi) is 6.50. The van der Waals surface area contributed by atoms with E-state index in [2.05, 4.69) is 27.7 Å². The number of Topliss-reactive ketones (excluding diaryl/α,β-unsaturated/α-hetero) is 1. The lowest BCUT2D eigenvalue weighted by Crippen LogP contribution is -2.63. The second-order valence-corrected chi connectivity index (χ2v) is 12.6. The normalized spacial score (nSPS) is 45.4. The largest absolute Gasteiger partial charge is 0.469 e. The minimum absolute atomic E-state index is 0.0164. The van der Waals surface area contributed by atoms with Crippen LogP contribution in [0.2, 0.25) is 0 Å². The molecule has 0 amide bonds. The average Bonchev–Trinajstić information content (AvgIpc) is 3.10. The molecule has 33 heavy (non-hydrogen) atoms. The molecular weight excluding hydrogens is 416 g/mol. The van der Waals surface area contributed by atoms with Crippen LogP contribution in [0.25, 0.3) is 0 Å². The van der Waals surface area contributed by atoms with E-state index in [9.17, 15) is 14.4 Å². The minimum atomic E-state index is -0.207. The van der Waals surface area contributed by atoms with E-state index in [0.29, 0.717) is 42.3 Å². The maximum Gasteiger partial charge on any atom is 0.305 e. The molecule has 0 saturated heterocycles. The zero-order valence-corrected chi connectivity index (χ0v) is 21.6. The number of fused-ring (bicyclic) bond motifs is 5. The van der Waals surface area contributed by atoms with Gasteiger partial charge in [-0.1, -0.05) is 27.7 Å². The van der Waals surface area contributed by atoms with Crippen molar-refractivity contribution in [3.05, 3.63) is 0 Å². The van der Waals surface area contributed by atoms with E-state index in [-0.39, 0.29) is 40.2 Å². The second kappa shape index (κ2) is 8.68. The maximum absolute atomic E-state index is 13.8. The van der Waals surface area contributed by atoms with Crippen LogP contribution in [0.1, 0.15) is 98.8 Å². The molecule has 186 valence electrons. The molecule has 4 saturated carbocycles. The van der Waals surface area contributed by atoms with Crippen LogP contribution in [-0.2, 0) is 23.9 Å². The first-order valence-electron chi connectivity index (χ1n) is 13.2. The Labute approximate surface area is 199 Å². The fraction of sp³-hybridized carbons (Fsp3) is 0.893. The third-order valence-electron chi connectivity index (χ3n) is 11.3. The summed E-state index contributed by atoms with van der Waals surface area (Å²) in [4.78, 5) is 37.1. The maximum atomic E-state index is 13.8. The second-order valence-electron chi connectivity index (χ2n) is 12.6. The first kappa shape index (κ1) is 24.7. The Bertz CT molecular complexity index is 806. The molecular formula is C28H44O5. The van der Waals surface area contributed by atoms with Crippen LogP contribution in [0.15, 0.2) is 0 Å². The van der Waals surface area contributed by atoms with Gasteiger partial charge in [0.25, 0.3) is 0 Å². The lowest BCUT2D eigenvalue weighted by molar-refractivity contribution is -0.193. The van der Waals surface area contributed by atoms with E-state index in [0.717, 1.165) is 44.9 Å². The molecule has 0 aliphatic heterocycles. The number of carbonyl (C=O) groups excluding carboxylic acids is 3. The highest BCUT2D eigenvalue weighted by Crippen LogP contribution is 2.72. The molecule has 0 bridgehead atoms. The summed E-state index contributed by atoms with van der Waals surface area (Å²) >= 11 is 0. The van der Waals surface area contributed by atoms with Crippen molar-refractivity contribution in [1.29, 1.82) is 0 Å². The number of esters is 2. The van der Waals surface area contributed by atoms with Gasteiger partial charge in [-0.2, -0.15) is 0 Å². The lowest BCUT2D eigenvalue weighted by Gasteiger charge is -2.66. The molecule has 0 unspecified atom stereocenters. The van der Waals surface area contributed by atoms with Crippen molar-refractivity contribution in [3.8, 4) is 0 Å². The van der Waals surface area contributed by atoms with Gasteiger partial charge in [-0.3, -0.25) is 14.4 Å². The van der Waals surface area contributed by atoms with Crippen LogP contribution >= 0.6 is 0 Å². The quantitative estimate of drug-likeness (QED) is 0.490. The fourth-order valence-corrected chi connectivity index (χ4v) is 9.28. The highest BCUT2D eigenvalue weighted by Gasteiger charge is 2.68. The Morgan fingerprint density at radius 2 is 1.79 bits per heavy atom.